The van der Waals surface area contributed by atoms with Crippen LogP contribution in [0.2, 0.25) is 0 Å². The number of aromatic nitrogens is 2. The van der Waals surface area contributed by atoms with E-state index in [4.69, 9.17) is 0 Å². The van der Waals surface area contributed by atoms with Crippen molar-refractivity contribution in [2.45, 2.75) is 45.6 Å². The average molecular weight is 278 g/mol. The smallest absolute Gasteiger partial charge is 0.314 e. The Morgan fingerprint density at radius 1 is 1.30 bits per heavy atom. The molecule has 2 rings (SSSR count). The second-order valence-corrected chi connectivity index (χ2v) is 5.07. The molecule has 20 heavy (non-hydrogen) atoms. The number of nitrogens with one attached hydrogen (secondary N) is 2. The summed E-state index contributed by atoms with van der Waals surface area (Å²) < 4.78 is 1.45. The number of hydrogen-bond donors (Lipinski definition) is 2. The summed E-state index contributed by atoms with van der Waals surface area (Å²) in [5.41, 5.74) is 2.04. The summed E-state index contributed by atoms with van der Waals surface area (Å²) in [4.78, 5) is 23.3. The topological polar surface area (TPSA) is 76.0 Å². The van der Waals surface area contributed by atoms with E-state index in [2.05, 4.69) is 15.7 Å². The van der Waals surface area contributed by atoms with Gasteiger partial charge in [-0.1, -0.05) is 6.92 Å². The zero-order valence-corrected chi connectivity index (χ0v) is 11.9. The van der Waals surface area contributed by atoms with Gasteiger partial charge < -0.3 is 10.6 Å². The first kappa shape index (κ1) is 14.6. The monoisotopic (exact) mass is 278 g/mol. The Morgan fingerprint density at radius 2 is 2.05 bits per heavy atom. The van der Waals surface area contributed by atoms with E-state index >= 15 is 0 Å². The van der Waals surface area contributed by atoms with E-state index in [1.807, 2.05) is 6.92 Å². The number of aryl methyl sites for hydroxylation is 2. The highest BCUT2D eigenvalue weighted by molar-refractivity contribution is 5.73. The van der Waals surface area contributed by atoms with Crippen LogP contribution in [0.25, 0.3) is 0 Å². The lowest BCUT2D eigenvalue weighted by molar-refractivity contribution is 0.240. The Hall–Kier alpha value is -1.85. The third-order valence-electron chi connectivity index (χ3n) is 3.42. The molecule has 0 bridgehead atoms. The van der Waals surface area contributed by atoms with Crippen LogP contribution in [0.3, 0.4) is 0 Å². The molecule has 0 saturated carbocycles. The molecule has 1 aliphatic rings. The van der Waals surface area contributed by atoms with Crippen molar-refractivity contribution in [3.63, 3.8) is 0 Å². The summed E-state index contributed by atoms with van der Waals surface area (Å²) in [5, 5.41) is 9.85. The number of rotatable bonds is 5. The van der Waals surface area contributed by atoms with Crippen LogP contribution in [0.4, 0.5) is 4.79 Å². The van der Waals surface area contributed by atoms with Gasteiger partial charge in [-0.3, -0.25) is 4.79 Å². The molecular weight excluding hydrogens is 256 g/mol. The van der Waals surface area contributed by atoms with E-state index in [1.54, 1.807) is 6.07 Å². The van der Waals surface area contributed by atoms with Crippen LogP contribution in [-0.4, -0.2) is 28.9 Å². The van der Waals surface area contributed by atoms with Gasteiger partial charge in [-0.2, -0.15) is 5.10 Å². The Kier molecular flexibility index (Phi) is 5.15. The number of amides is 2. The fraction of sp³-hybridized carbons (Fsp3) is 0.643. The van der Waals surface area contributed by atoms with Gasteiger partial charge in [-0.05, 0) is 37.7 Å². The van der Waals surface area contributed by atoms with Gasteiger partial charge in [0.25, 0.3) is 5.56 Å². The minimum atomic E-state index is -0.196. The fourth-order valence-corrected chi connectivity index (χ4v) is 2.34. The van der Waals surface area contributed by atoms with Crippen LogP contribution in [0.15, 0.2) is 10.9 Å². The van der Waals surface area contributed by atoms with Crippen LogP contribution < -0.4 is 16.2 Å². The van der Waals surface area contributed by atoms with Crippen molar-refractivity contribution >= 4 is 6.03 Å². The molecule has 6 heteroatoms. The predicted octanol–water partition coefficient (Wildman–Crippen LogP) is 0.831. The highest BCUT2D eigenvalue weighted by Gasteiger charge is 2.13. The van der Waals surface area contributed by atoms with Crippen molar-refractivity contribution in [1.29, 1.82) is 0 Å². The van der Waals surface area contributed by atoms with Crippen molar-refractivity contribution in [3.05, 3.63) is 27.7 Å². The molecule has 0 saturated heterocycles. The molecule has 1 heterocycles. The van der Waals surface area contributed by atoms with Crippen LogP contribution in [-0.2, 0) is 19.4 Å². The van der Waals surface area contributed by atoms with Gasteiger partial charge in [0.05, 0.1) is 12.2 Å². The Morgan fingerprint density at radius 3 is 2.85 bits per heavy atom. The van der Waals surface area contributed by atoms with Gasteiger partial charge >= 0.3 is 6.03 Å². The van der Waals surface area contributed by atoms with Gasteiger partial charge in [-0.25, -0.2) is 9.48 Å². The molecule has 0 radical (unpaired) electrons. The molecule has 1 aromatic rings. The van der Waals surface area contributed by atoms with Crippen molar-refractivity contribution in [1.82, 2.24) is 20.4 Å². The van der Waals surface area contributed by atoms with E-state index in [-0.39, 0.29) is 11.6 Å². The Labute approximate surface area is 118 Å². The van der Waals surface area contributed by atoms with Gasteiger partial charge in [0.2, 0.25) is 0 Å². The van der Waals surface area contributed by atoms with Crippen LogP contribution >= 0.6 is 0 Å². The summed E-state index contributed by atoms with van der Waals surface area (Å²) in [5.74, 6) is 0. The number of carbonyl (C=O) groups is 1. The summed E-state index contributed by atoms with van der Waals surface area (Å²) in [6.45, 7) is 3.46. The first-order valence-corrected chi connectivity index (χ1v) is 7.32. The van der Waals surface area contributed by atoms with Crippen LogP contribution in [0, 0.1) is 0 Å². The molecule has 2 amide bonds. The lowest BCUT2D eigenvalue weighted by atomic mass is 9.97. The van der Waals surface area contributed by atoms with Crippen molar-refractivity contribution < 1.29 is 4.79 Å². The summed E-state index contributed by atoms with van der Waals surface area (Å²) in [6, 6.07) is 1.50. The Balaban J connectivity index is 1.90. The number of hydrogen-bond acceptors (Lipinski definition) is 3. The standard InChI is InChI=1S/C14H22N4O2/c1-2-7-15-14(20)16-8-9-18-13(19)10-11-5-3-4-6-12(11)17-18/h10H,2-9H2,1H3,(H2,15,16,20). The van der Waals surface area contributed by atoms with Gasteiger partial charge in [0.15, 0.2) is 0 Å². The molecule has 0 aromatic carbocycles. The number of carbonyl (C=O) groups excluding carboxylic acids is 1. The Bertz CT molecular complexity index is 524. The molecular formula is C14H22N4O2. The van der Waals surface area contributed by atoms with E-state index < -0.39 is 0 Å². The van der Waals surface area contributed by atoms with Crippen molar-refractivity contribution in [2.75, 3.05) is 13.1 Å². The SMILES string of the molecule is CCCNC(=O)NCCn1nc2c(cc1=O)CCCC2. The predicted molar refractivity (Wildman–Crippen MR) is 76.8 cm³/mol. The molecule has 1 aliphatic carbocycles. The average Bonchev–Trinajstić information content (AvgIpc) is 2.45. The first-order chi connectivity index (χ1) is 9.70. The molecule has 6 nitrogen and oxygen atoms in total. The van der Waals surface area contributed by atoms with Gasteiger partial charge in [0.1, 0.15) is 0 Å². The highest BCUT2D eigenvalue weighted by Crippen LogP contribution is 2.16. The molecule has 0 unspecified atom stereocenters. The molecule has 0 aliphatic heterocycles. The van der Waals surface area contributed by atoms with E-state index in [9.17, 15) is 9.59 Å². The quantitative estimate of drug-likeness (QED) is 0.837. The second-order valence-electron chi connectivity index (χ2n) is 5.07. The van der Waals surface area contributed by atoms with Crippen molar-refractivity contribution in [2.24, 2.45) is 0 Å². The molecule has 1 aromatic heterocycles. The molecule has 110 valence electrons. The first-order valence-electron chi connectivity index (χ1n) is 7.32. The molecule has 2 N–H and O–H groups in total. The van der Waals surface area contributed by atoms with E-state index in [0.29, 0.717) is 19.6 Å². The maximum Gasteiger partial charge on any atom is 0.314 e. The van der Waals surface area contributed by atoms with Crippen molar-refractivity contribution in [3.8, 4) is 0 Å². The van der Waals surface area contributed by atoms with Crippen LogP contribution in [0.5, 0.6) is 0 Å². The van der Waals surface area contributed by atoms with Gasteiger partial charge in [0, 0.05) is 19.2 Å². The second kappa shape index (κ2) is 7.07. The molecule has 0 fully saturated rings. The minimum absolute atomic E-state index is 0.0820. The zero-order chi connectivity index (χ0) is 14.4. The number of nitrogens with zero attached hydrogens (tertiary/aromatic N) is 2. The summed E-state index contributed by atoms with van der Waals surface area (Å²) >= 11 is 0. The number of fused-ring (bicyclic) bond motifs is 1. The molecule has 0 spiro atoms. The van der Waals surface area contributed by atoms with E-state index in [1.165, 1.54) is 4.68 Å². The largest absolute Gasteiger partial charge is 0.338 e. The van der Waals surface area contributed by atoms with E-state index in [0.717, 1.165) is 43.4 Å². The van der Waals surface area contributed by atoms with Crippen LogP contribution in [0.1, 0.15) is 37.4 Å². The highest BCUT2D eigenvalue weighted by atomic mass is 16.2. The maximum absolute atomic E-state index is 11.9. The third-order valence-corrected chi connectivity index (χ3v) is 3.42. The molecule has 0 atom stereocenters. The van der Waals surface area contributed by atoms with Gasteiger partial charge in [-0.15, -0.1) is 0 Å². The fourth-order valence-electron chi connectivity index (χ4n) is 2.34. The lowest BCUT2D eigenvalue weighted by Crippen LogP contribution is -2.39. The summed E-state index contributed by atoms with van der Waals surface area (Å²) in [6.07, 6.45) is 5.07. The lowest BCUT2D eigenvalue weighted by Gasteiger charge is -2.16. The maximum atomic E-state index is 11.9. The number of urea groups is 1. The summed E-state index contributed by atoms with van der Waals surface area (Å²) in [7, 11) is 0. The third kappa shape index (κ3) is 3.82. The minimum Gasteiger partial charge on any atom is -0.338 e. The zero-order valence-electron chi connectivity index (χ0n) is 11.9. The normalized spacial score (nSPS) is 13.7.